The molecule has 1 aliphatic heterocycles. The number of benzene rings is 2. The molecular weight excluding hydrogens is 432 g/mol. The van der Waals surface area contributed by atoms with Gasteiger partial charge in [0.25, 0.3) is 5.91 Å². The number of nitrogens with one attached hydrogen (secondary N) is 1. The van der Waals surface area contributed by atoms with E-state index in [-0.39, 0.29) is 41.0 Å². The molecule has 1 saturated heterocycles. The summed E-state index contributed by atoms with van der Waals surface area (Å²) in [5.41, 5.74) is 4.44. The zero-order valence-corrected chi connectivity index (χ0v) is 19.3. The highest BCUT2D eigenvalue weighted by Crippen LogP contribution is 2.55. The normalized spacial score (nSPS) is 24.8. The fraction of sp³-hybridized carbons (Fsp3) is 0.333. The van der Waals surface area contributed by atoms with Crippen molar-refractivity contribution in [1.82, 2.24) is 0 Å². The van der Waals surface area contributed by atoms with Crippen LogP contribution in [0.3, 0.4) is 0 Å². The lowest BCUT2D eigenvalue weighted by Crippen LogP contribution is -2.33. The van der Waals surface area contributed by atoms with Crippen molar-refractivity contribution in [2.24, 2.45) is 23.7 Å². The minimum absolute atomic E-state index is 0.139. The predicted molar refractivity (Wildman–Crippen MR) is 126 cm³/mol. The van der Waals surface area contributed by atoms with E-state index in [9.17, 15) is 19.2 Å². The van der Waals surface area contributed by atoms with Crippen LogP contribution in [0.1, 0.15) is 34.8 Å². The summed E-state index contributed by atoms with van der Waals surface area (Å²) < 4.78 is 5.15. The lowest BCUT2D eigenvalue weighted by atomic mass is 9.82. The number of esters is 1. The summed E-state index contributed by atoms with van der Waals surface area (Å²) >= 11 is 0. The third-order valence-electron chi connectivity index (χ3n) is 7.32. The van der Waals surface area contributed by atoms with Gasteiger partial charge in [-0.15, -0.1) is 0 Å². The van der Waals surface area contributed by atoms with Gasteiger partial charge in [0.2, 0.25) is 11.8 Å². The van der Waals surface area contributed by atoms with E-state index in [0.29, 0.717) is 11.4 Å². The van der Waals surface area contributed by atoms with E-state index in [1.807, 2.05) is 39.0 Å². The van der Waals surface area contributed by atoms with Gasteiger partial charge >= 0.3 is 5.97 Å². The van der Waals surface area contributed by atoms with Crippen LogP contribution in [0.25, 0.3) is 0 Å². The Morgan fingerprint density at radius 3 is 2.29 bits per heavy atom. The molecule has 7 nitrogen and oxygen atoms in total. The number of anilines is 2. The quantitative estimate of drug-likeness (QED) is 0.418. The van der Waals surface area contributed by atoms with E-state index in [2.05, 4.69) is 11.4 Å². The number of para-hydroxylation sites is 1. The molecule has 0 radical (unpaired) electrons. The molecule has 0 spiro atoms. The highest BCUT2D eigenvalue weighted by molar-refractivity contribution is 6.23. The van der Waals surface area contributed by atoms with Gasteiger partial charge in [-0.3, -0.25) is 19.3 Å². The molecular formula is C27H26N2O5. The van der Waals surface area contributed by atoms with E-state index in [1.54, 1.807) is 12.1 Å². The SMILES string of the molecule is CC1=C[C@H]2C[C@H]1[C@H]1C(=O)N(c3ccc(C(=O)OCC(=O)Nc4c(C)cccc4C)cc3)C(=O)[C@@H]12. The van der Waals surface area contributed by atoms with Crippen LogP contribution >= 0.6 is 0 Å². The predicted octanol–water partition coefficient (Wildman–Crippen LogP) is 3.80. The number of fused-ring (bicyclic) bond motifs is 5. The van der Waals surface area contributed by atoms with Gasteiger partial charge in [-0.1, -0.05) is 29.8 Å². The molecule has 2 aromatic carbocycles. The topological polar surface area (TPSA) is 92.8 Å². The molecule has 2 fully saturated rings. The molecule has 1 N–H and O–H groups in total. The van der Waals surface area contributed by atoms with Crippen LogP contribution in [0.15, 0.2) is 54.1 Å². The number of hydrogen-bond donors (Lipinski definition) is 1. The van der Waals surface area contributed by atoms with Gasteiger partial charge in [0.1, 0.15) is 0 Å². The third kappa shape index (κ3) is 3.52. The number of amides is 3. The Labute approximate surface area is 197 Å². The third-order valence-corrected chi connectivity index (χ3v) is 7.32. The van der Waals surface area contributed by atoms with Crippen molar-refractivity contribution in [2.45, 2.75) is 27.2 Å². The number of aryl methyl sites for hydroxylation is 2. The Morgan fingerprint density at radius 1 is 0.971 bits per heavy atom. The summed E-state index contributed by atoms with van der Waals surface area (Å²) in [6, 6.07) is 11.9. The molecule has 4 atom stereocenters. The standard InChI is InChI=1S/C27H26N2O5/c1-14-5-4-6-15(2)24(14)28-21(30)13-34-27(33)17-7-9-19(10-8-17)29-25(31)22-18-11-16(3)20(12-18)23(22)26(29)32/h4-11,18,20,22-23H,12-13H2,1-3H3,(H,28,30)/t18-,20+,22+,23+/m0/s1. The van der Waals surface area contributed by atoms with E-state index < -0.39 is 18.5 Å². The van der Waals surface area contributed by atoms with E-state index in [0.717, 1.165) is 17.5 Å². The molecule has 2 aliphatic carbocycles. The summed E-state index contributed by atoms with van der Waals surface area (Å²) in [6.45, 7) is 5.39. The van der Waals surface area contributed by atoms with Crippen molar-refractivity contribution in [3.63, 3.8) is 0 Å². The van der Waals surface area contributed by atoms with Crippen LogP contribution in [-0.4, -0.2) is 30.3 Å². The Morgan fingerprint density at radius 2 is 1.62 bits per heavy atom. The fourth-order valence-electron chi connectivity index (χ4n) is 5.68. The number of carbonyl (C=O) groups excluding carboxylic acids is 4. The lowest BCUT2D eigenvalue weighted by molar-refractivity contribution is -0.123. The molecule has 34 heavy (non-hydrogen) atoms. The first-order valence-corrected chi connectivity index (χ1v) is 11.5. The lowest BCUT2D eigenvalue weighted by Gasteiger charge is -2.19. The van der Waals surface area contributed by atoms with E-state index >= 15 is 0 Å². The number of imide groups is 1. The Hall–Kier alpha value is -3.74. The largest absolute Gasteiger partial charge is 0.452 e. The maximum Gasteiger partial charge on any atom is 0.338 e. The number of nitrogens with zero attached hydrogens (tertiary/aromatic N) is 1. The average molecular weight is 459 g/mol. The molecule has 0 unspecified atom stereocenters. The number of rotatable bonds is 5. The molecule has 174 valence electrons. The van der Waals surface area contributed by atoms with Gasteiger partial charge in [-0.2, -0.15) is 0 Å². The molecule has 5 rings (SSSR count). The Balaban J connectivity index is 1.22. The summed E-state index contributed by atoms with van der Waals surface area (Å²) in [5.74, 6) is -1.67. The number of ether oxygens (including phenoxy) is 1. The molecule has 2 bridgehead atoms. The van der Waals surface area contributed by atoms with Crippen molar-refractivity contribution in [3.8, 4) is 0 Å². The second-order valence-corrected chi connectivity index (χ2v) is 9.42. The molecule has 0 aromatic heterocycles. The van der Waals surface area contributed by atoms with Crippen molar-refractivity contribution < 1.29 is 23.9 Å². The van der Waals surface area contributed by atoms with Crippen molar-refractivity contribution in [3.05, 3.63) is 70.8 Å². The van der Waals surface area contributed by atoms with Crippen molar-refractivity contribution in [2.75, 3.05) is 16.8 Å². The first-order valence-electron chi connectivity index (χ1n) is 11.5. The number of allylic oxidation sites excluding steroid dienone is 2. The molecule has 1 saturated carbocycles. The second-order valence-electron chi connectivity index (χ2n) is 9.42. The van der Waals surface area contributed by atoms with Gasteiger partial charge in [-0.05, 0) is 74.4 Å². The van der Waals surface area contributed by atoms with Crippen LogP contribution in [-0.2, 0) is 19.1 Å². The van der Waals surface area contributed by atoms with Crippen molar-refractivity contribution >= 4 is 35.1 Å². The number of carbonyl (C=O) groups is 4. The van der Waals surface area contributed by atoms with Gasteiger partial charge < -0.3 is 10.1 Å². The Bertz CT molecular complexity index is 1230. The minimum Gasteiger partial charge on any atom is -0.452 e. The summed E-state index contributed by atoms with van der Waals surface area (Å²) in [7, 11) is 0. The summed E-state index contributed by atoms with van der Waals surface area (Å²) in [4.78, 5) is 52.0. The van der Waals surface area contributed by atoms with Gasteiger partial charge in [0, 0.05) is 5.69 Å². The molecule has 3 aliphatic rings. The molecule has 1 heterocycles. The summed E-state index contributed by atoms with van der Waals surface area (Å²) in [5, 5.41) is 2.77. The van der Waals surface area contributed by atoms with Gasteiger partial charge in [0.15, 0.2) is 6.61 Å². The van der Waals surface area contributed by atoms with E-state index in [1.165, 1.54) is 22.6 Å². The van der Waals surface area contributed by atoms with E-state index in [4.69, 9.17) is 4.74 Å². The monoisotopic (exact) mass is 458 g/mol. The van der Waals surface area contributed by atoms with Crippen LogP contribution in [0.4, 0.5) is 11.4 Å². The van der Waals surface area contributed by atoms with Crippen LogP contribution < -0.4 is 10.2 Å². The highest BCUT2D eigenvalue weighted by Gasteiger charge is 2.60. The van der Waals surface area contributed by atoms with Crippen molar-refractivity contribution in [1.29, 1.82) is 0 Å². The first-order chi connectivity index (χ1) is 16.3. The van der Waals surface area contributed by atoms with Crippen LogP contribution in [0.5, 0.6) is 0 Å². The molecule has 7 heteroatoms. The first kappa shape index (κ1) is 22.1. The number of hydrogen-bond acceptors (Lipinski definition) is 5. The molecule has 2 aromatic rings. The van der Waals surface area contributed by atoms with Gasteiger partial charge in [0.05, 0.1) is 23.1 Å². The smallest absolute Gasteiger partial charge is 0.338 e. The minimum atomic E-state index is -0.656. The van der Waals surface area contributed by atoms with Crippen LogP contribution in [0, 0.1) is 37.5 Å². The fourth-order valence-corrected chi connectivity index (χ4v) is 5.68. The Kier molecular flexibility index (Phi) is 5.35. The second kappa shape index (κ2) is 8.24. The molecule has 3 amide bonds. The summed E-state index contributed by atoms with van der Waals surface area (Å²) in [6.07, 6.45) is 3.02. The van der Waals surface area contributed by atoms with Crippen LogP contribution in [0.2, 0.25) is 0 Å². The zero-order chi connectivity index (χ0) is 24.1. The average Bonchev–Trinajstić information content (AvgIpc) is 3.45. The van der Waals surface area contributed by atoms with Gasteiger partial charge in [-0.25, -0.2) is 4.79 Å². The zero-order valence-electron chi connectivity index (χ0n) is 19.3. The highest BCUT2D eigenvalue weighted by atomic mass is 16.5. The maximum absolute atomic E-state index is 13.1. The maximum atomic E-state index is 13.1.